The lowest BCUT2D eigenvalue weighted by Gasteiger charge is -2.29. The molecule has 0 atom stereocenters. The van der Waals surface area contributed by atoms with Gasteiger partial charge in [-0.2, -0.15) is 5.10 Å². The first-order valence-corrected chi connectivity index (χ1v) is 7.04. The SMILES string of the molecule is CC1(C)CC(=NNC(=O)c2ccccc2)c2ccoc2C1. The number of rotatable bonds is 2. The molecule has 1 heterocycles. The predicted octanol–water partition coefficient (Wildman–Crippen LogP) is 3.39. The molecule has 2 aromatic rings. The highest BCUT2D eigenvalue weighted by molar-refractivity contribution is 6.04. The van der Waals surface area contributed by atoms with Crippen LogP contribution < -0.4 is 5.43 Å². The molecule has 0 aliphatic heterocycles. The summed E-state index contributed by atoms with van der Waals surface area (Å²) in [6.45, 7) is 4.35. The van der Waals surface area contributed by atoms with E-state index in [1.807, 2.05) is 24.3 Å². The number of fused-ring (bicyclic) bond motifs is 1. The summed E-state index contributed by atoms with van der Waals surface area (Å²) < 4.78 is 5.52. The van der Waals surface area contributed by atoms with Gasteiger partial charge in [0.1, 0.15) is 5.76 Å². The van der Waals surface area contributed by atoms with Crippen molar-refractivity contribution in [2.75, 3.05) is 0 Å². The van der Waals surface area contributed by atoms with Crippen LogP contribution in [0.4, 0.5) is 0 Å². The van der Waals surface area contributed by atoms with E-state index in [0.717, 1.165) is 29.9 Å². The number of hydrogen-bond acceptors (Lipinski definition) is 3. The van der Waals surface area contributed by atoms with Gasteiger partial charge in [0.15, 0.2) is 0 Å². The van der Waals surface area contributed by atoms with Gasteiger partial charge < -0.3 is 4.42 Å². The van der Waals surface area contributed by atoms with Crippen molar-refractivity contribution in [1.29, 1.82) is 0 Å². The number of carbonyl (C=O) groups is 1. The molecule has 108 valence electrons. The van der Waals surface area contributed by atoms with Gasteiger partial charge in [-0.1, -0.05) is 32.0 Å². The molecule has 4 nitrogen and oxygen atoms in total. The summed E-state index contributed by atoms with van der Waals surface area (Å²) in [6.07, 6.45) is 3.39. The van der Waals surface area contributed by atoms with Crippen LogP contribution in [0.25, 0.3) is 0 Å². The van der Waals surface area contributed by atoms with E-state index in [1.165, 1.54) is 0 Å². The highest BCUT2D eigenvalue weighted by atomic mass is 16.3. The Morgan fingerprint density at radius 3 is 2.71 bits per heavy atom. The molecule has 0 saturated heterocycles. The number of carbonyl (C=O) groups excluding carboxylic acids is 1. The van der Waals surface area contributed by atoms with E-state index in [1.54, 1.807) is 18.4 Å². The van der Waals surface area contributed by atoms with Crippen molar-refractivity contribution in [2.24, 2.45) is 10.5 Å². The zero-order valence-corrected chi connectivity index (χ0v) is 12.2. The van der Waals surface area contributed by atoms with Crippen molar-refractivity contribution in [1.82, 2.24) is 5.43 Å². The first kappa shape index (κ1) is 13.6. The summed E-state index contributed by atoms with van der Waals surface area (Å²) in [5, 5.41) is 4.33. The smallest absolute Gasteiger partial charge is 0.271 e. The Hall–Kier alpha value is -2.36. The molecular formula is C17H18N2O2. The average molecular weight is 282 g/mol. The van der Waals surface area contributed by atoms with Gasteiger partial charge in [0, 0.05) is 17.5 Å². The molecular weight excluding hydrogens is 264 g/mol. The van der Waals surface area contributed by atoms with Crippen LogP contribution in [0.15, 0.2) is 52.2 Å². The summed E-state index contributed by atoms with van der Waals surface area (Å²) >= 11 is 0. The van der Waals surface area contributed by atoms with Gasteiger partial charge in [0.2, 0.25) is 0 Å². The number of benzene rings is 1. The third-order valence-electron chi connectivity index (χ3n) is 3.67. The Balaban J connectivity index is 1.82. The molecule has 4 heteroatoms. The Morgan fingerprint density at radius 2 is 1.95 bits per heavy atom. The average Bonchev–Trinajstić information content (AvgIpc) is 2.92. The van der Waals surface area contributed by atoms with E-state index in [-0.39, 0.29) is 11.3 Å². The highest BCUT2D eigenvalue weighted by Crippen LogP contribution is 2.35. The second-order valence-corrected chi connectivity index (χ2v) is 6.14. The second-order valence-electron chi connectivity index (χ2n) is 6.14. The summed E-state index contributed by atoms with van der Waals surface area (Å²) in [5.41, 5.74) is 5.21. The fourth-order valence-electron chi connectivity index (χ4n) is 2.65. The van der Waals surface area contributed by atoms with Crippen molar-refractivity contribution < 1.29 is 9.21 Å². The Kier molecular flexibility index (Phi) is 3.37. The molecule has 1 aromatic heterocycles. The minimum absolute atomic E-state index is 0.0845. The number of hydrogen-bond donors (Lipinski definition) is 1. The van der Waals surface area contributed by atoms with Crippen LogP contribution in [0.3, 0.4) is 0 Å². The summed E-state index contributed by atoms with van der Waals surface area (Å²) in [5.74, 6) is 0.746. The van der Waals surface area contributed by atoms with E-state index in [9.17, 15) is 4.79 Å². The normalized spacial score (nSPS) is 18.3. The zero-order chi connectivity index (χ0) is 14.9. The summed E-state index contributed by atoms with van der Waals surface area (Å²) in [6, 6.07) is 11.0. The molecule has 0 radical (unpaired) electrons. The Bertz CT molecular complexity index is 684. The van der Waals surface area contributed by atoms with Gasteiger partial charge in [-0.3, -0.25) is 4.79 Å². The molecule has 0 saturated carbocycles. The van der Waals surface area contributed by atoms with E-state index >= 15 is 0 Å². The molecule has 1 N–H and O–H groups in total. The minimum Gasteiger partial charge on any atom is -0.469 e. The van der Waals surface area contributed by atoms with Gasteiger partial charge >= 0.3 is 0 Å². The van der Waals surface area contributed by atoms with Gasteiger partial charge in [-0.05, 0) is 30.0 Å². The van der Waals surface area contributed by atoms with Crippen molar-refractivity contribution in [3.63, 3.8) is 0 Å². The largest absolute Gasteiger partial charge is 0.469 e. The van der Waals surface area contributed by atoms with Crippen LogP contribution in [-0.4, -0.2) is 11.6 Å². The van der Waals surface area contributed by atoms with Crippen molar-refractivity contribution in [3.8, 4) is 0 Å². The van der Waals surface area contributed by atoms with E-state index in [2.05, 4.69) is 24.4 Å². The van der Waals surface area contributed by atoms with Crippen molar-refractivity contribution in [2.45, 2.75) is 26.7 Å². The lowest BCUT2D eigenvalue weighted by Crippen LogP contribution is -2.29. The fraction of sp³-hybridized carbons (Fsp3) is 0.294. The van der Waals surface area contributed by atoms with E-state index < -0.39 is 0 Å². The molecule has 0 bridgehead atoms. The first-order chi connectivity index (χ1) is 10.1. The Morgan fingerprint density at radius 1 is 1.19 bits per heavy atom. The summed E-state index contributed by atoms with van der Waals surface area (Å²) in [7, 11) is 0. The number of amides is 1. The molecule has 21 heavy (non-hydrogen) atoms. The molecule has 1 amide bonds. The standard InChI is InChI=1S/C17H18N2O2/c1-17(2)10-14(13-8-9-21-15(13)11-17)18-19-16(20)12-6-4-3-5-7-12/h3-9H,10-11H2,1-2H3,(H,19,20). The van der Waals surface area contributed by atoms with Crippen LogP contribution >= 0.6 is 0 Å². The maximum absolute atomic E-state index is 12.1. The van der Waals surface area contributed by atoms with Crippen LogP contribution in [0.2, 0.25) is 0 Å². The number of nitrogens with zero attached hydrogens (tertiary/aromatic N) is 1. The highest BCUT2D eigenvalue weighted by Gasteiger charge is 2.31. The first-order valence-electron chi connectivity index (χ1n) is 7.04. The lowest BCUT2D eigenvalue weighted by molar-refractivity contribution is 0.0954. The van der Waals surface area contributed by atoms with Crippen molar-refractivity contribution in [3.05, 3.63) is 59.5 Å². The second kappa shape index (κ2) is 5.20. The van der Waals surface area contributed by atoms with Crippen LogP contribution in [0.1, 0.15) is 41.9 Å². The van der Waals surface area contributed by atoms with Crippen LogP contribution in [0, 0.1) is 5.41 Å². The van der Waals surface area contributed by atoms with E-state index in [0.29, 0.717) is 5.56 Å². The quantitative estimate of drug-likeness (QED) is 0.858. The lowest BCUT2D eigenvalue weighted by atomic mass is 9.76. The molecule has 1 aromatic carbocycles. The molecule has 3 rings (SSSR count). The van der Waals surface area contributed by atoms with Gasteiger partial charge in [-0.25, -0.2) is 5.43 Å². The third kappa shape index (κ3) is 2.89. The molecule has 0 spiro atoms. The maximum atomic E-state index is 12.1. The third-order valence-corrected chi connectivity index (χ3v) is 3.67. The minimum atomic E-state index is -0.198. The maximum Gasteiger partial charge on any atom is 0.271 e. The molecule has 0 unspecified atom stereocenters. The number of hydrazone groups is 1. The van der Waals surface area contributed by atoms with Gasteiger partial charge in [0.05, 0.1) is 12.0 Å². The number of nitrogens with one attached hydrogen (secondary N) is 1. The van der Waals surface area contributed by atoms with Crippen LogP contribution in [0.5, 0.6) is 0 Å². The zero-order valence-electron chi connectivity index (χ0n) is 12.2. The van der Waals surface area contributed by atoms with Crippen molar-refractivity contribution >= 4 is 11.6 Å². The summed E-state index contributed by atoms with van der Waals surface area (Å²) in [4.78, 5) is 12.1. The number of furan rings is 1. The Labute approximate surface area is 123 Å². The monoisotopic (exact) mass is 282 g/mol. The van der Waals surface area contributed by atoms with Gasteiger partial charge in [0.25, 0.3) is 5.91 Å². The predicted molar refractivity (Wildman–Crippen MR) is 81.3 cm³/mol. The van der Waals surface area contributed by atoms with E-state index in [4.69, 9.17) is 4.42 Å². The van der Waals surface area contributed by atoms with Gasteiger partial charge in [-0.15, -0.1) is 0 Å². The fourth-order valence-corrected chi connectivity index (χ4v) is 2.65. The molecule has 1 aliphatic rings. The van der Waals surface area contributed by atoms with Crippen LogP contribution in [-0.2, 0) is 6.42 Å². The topological polar surface area (TPSA) is 54.6 Å². The molecule has 1 aliphatic carbocycles. The molecule has 0 fully saturated rings.